The number of aryl methyl sites for hydroxylation is 2. The summed E-state index contributed by atoms with van der Waals surface area (Å²) in [6.07, 6.45) is 0. The SMILES string of the molecule is Cc1ccc(C)c(NC(=S)N[C@H](C)[C@@H](c2cccs2)N2CCN(c3ccccc3F)CC2)c1. The summed E-state index contributed by atoms with van der Waals surface area (Å²) in [5.41, 5.74) is 4.08. The van der Waals surface area contributed by atoms with E-state index in [0.29, 0.717) is 10.8 Å². The minimum Gasteiger partial charge on any atom is -0.367 e. The fourth-order valence-electron chi connectivity index (χ4n) is 4.47. The van der Waals surface area contributed by atoms with E-state index < -0.39 is 0 Å². The molecule has 2 aromatic carbocycles. The molecule has 0 bridgehead atoms. The zero-order valence-corrected chi connectivity index (χ0v) is 21.0. The lowest BCUT2D eigenvalue weighted by atomic mass is 10.0. The second kappa shape index (κ2) is 10.6. The van der Waals surface area contributed by atoms with Gasteiger partial charge in [-0.1, -0.05) is 30.3 Å². The van der Waals surface area contributed by atoms with Crippen molar-refractivity contribution in [3.05, 3.63) is 81.8 Å². The van der Waals surface area contributed by atoms with Gasteiger partial charge in [-0.05, 0) is 73.8 Å². The molecule has 2 N–H and O–H groups in total. The van der Waals surface area contributed by atoms with E-state index in [1.165, 1.54) is 16.5 Å². The van der Waals surface area contributed by atoms with E-state index in [-0.39, 0.29) is 17.9 Å². The van der Waals surface area contributed by atoms with Gasteiger partial charge in [-0.2, -0.15) is 0 Å². The van der Waals surface area contributed by atoms with Gasteiger partial charge in [0.05, 0.1) is 11.7 Å². The second-order valence-corrected chi connectivity index (χ2v) is 10.0. The van der Waals surface area contributed by atoms with Crippen LogP contribution in [0.25, 0.3) is 0 Å². The number of rotatable bonds is 6. The molecular weight excluding hydrogens is 451 g/mol. The molecule has 1 saturated heterocycles. The number of hydrogen-bond acceptors (Lipinski definition) is 4. The third kappa shape index (κ3) is 5.72. The summed E-state index contributed by atoms with van der Waals surface area (Å²) in [4.78, 5) is 5.94. The molecule has 4 nitrogen and oxygen atoms in total. The minimum atomic E-state index is -0.154. The summed E-state index contributed by atoms with van der Waals surface area (Å²) in [6, 6.07) is 17.9. The number of anilines is 2. The monoisotopic (exact) mass is 482 g/mol. The zero-order chi connectivity index (χ0) is 23.4. The standard InChI is InChI=1S/C26H31FN4S2/c1-18-10-11-19(2)22(17-18)29-26(32)28-20(3)25(24-9-6-16-33-24)31-14-12-30(13-15-31)23-8-5-4-7-21(23)27/h4-11,16-17,20,25H,12-15H2,1-3H3,(H2,28,29,32)/t20-,25+/m1/s1. The average molecular weight is 483 g/mol. The quantitative estimate of drug-likeness (QED) is 0.438. The fourth-order valence-corrected chi connectivity index (χ4v) is 5.73. The molecule has 174 valence electrons. The first-order valence-corrected chi connectivity index (χ1v) is 12.6. The number of para-hydroxylation sites is 1. The Labute approximate surface area is 205 Å². The lowest BCUT2D eigenvalue weighted by molar-refractivity contribution is 0.163. The molecule has 1 aliphatic heterocycles. The van der Waals surface area contributed by atoms with Crippen LogP contribution in [0.2, 0.25) is 0 Å². The van der Waals surface area contributed by atoms with Gasteiger partial charge >= 0.3 is 0 Å². The minimum absolute atomic E-state index is 0.105. The fraction of sp³-hybridized carbons (Fsp3) is 0.346. The molecule has 0 aliphatic carbocycles. The van der Waals surface area contributed by atoms with Crippen LogP contribution in [0.15, 0.2) is 60.0 Å². The lowest BCUT2D eigenvalue weighted by Crippen LogP contribution is -2.52. The van der Waals surface area contributed by atoms with E-state index in [1.807, 2.05) is 12.1 Å². The van der Waals surface area contributed by atoms with E-state index in [2.05, 4.69) is 76.9 Å². The van der Waals surface area contributed by atoms with Crippen LogP contribution in [0.3, 0.4) is 0 Å². The van der Waals surface area contributed by atoms with Crippen molar-refractivity contribution < 1.29 is 4.39 Å². The van der Waals surface area contributed by atoms with Crippen molar-refractivity contribution in [1.29, 1.82) is 0 Å². The summed E-state index contributed by atoms with van der Waals surface area (Å²) < 4.78 is 14.3. The Bertz CT molecular complexity index is 1080. The van der Waals surface area contributed by atoms with Crippen molar-refractivity contribution in [2.24, 2.45) is 0 Å². The topological polar surface area (TPSA) is 30.5 Å². The predicted molar refractivity (Wildman–Crippen MR) is 142 cm³/mol. The summed E-state index contributed by atoms with van der Waals surface area (Å²) in [6.45, 7) is 9.65. The van der Waals surface area contributed by atoms with E-state index in [0.717, 1.165) is 37.4 Å². The molecule has 33 heavy (non-hydrogen) atoms. The van der Waals surface area contributed by atoms with Crippen LogP contribution in [0.4, 0.5) is 15.8 Å². The van der Waals surface area contributed by atoms with Crippen LogP contribution in [0.5, 0.6) is 0 Å². The maximum atomic E-state index is 14.3. The average Bonchev–Trinajstić information content (AvgIpc) is 3.31. The molecule has 7 heteroatoms. The molecule has 2 heterocycles. The van der Waals surface area contributed by atoms with Crippen LogP contribution in [-0.2, 0) is 0 Å². The Morgan fingerprint density at radius 1 is 1.03 bits per heavy atom. The number of thiocarbonyl (C=S) groups is 1. The normalized spacial score (nSPS) is 16.3. The molecule has 0 radical (unpaired) electrons. The molecule has 1 aliphatic rings. The molecule has 1 aromatic heterocycles. The van der Waals surface area contributed by atoms with Crippen LogP contribution < -0.4 is 15.5 Å². The van der Waals surface area contributed by atoms with Crippen LogP contribution in [-0.4, -0.2) is 42.2 Å². The highest BCUT2D eigenvalue weighted by molar-refractivity contribution is 7.80. The third-order valence-electron chi connectivity index (χ3n) is 6.21. The number of benzene rings is 2. The largest absolute Gasteiger partial charge is 0.367 e. The first-order chi connectivity index (χ1) is 15.9. The highest BCUT2D eigenvalue weighted by Gasteiger charge is 2.31. The van der Waals surface area contributed by atoms with Crippen molar-refractivity contribution >= 4 is 40.0 Å². The van der Waals surface area contributed by atoms with E-state index in [1.54, 1.807) is 17.4 Å². The third-order valence-corrected chi connectivity index (χ3v) is 7.37. The van der Waals surface area contributed by atoms with Gasteiger partial charge in [-0.15, -0.1) is 11.3 Å². The molecule has 0 unspecified atom stereocenters. The van der Waals surface area contributed by atoms with Gasteiger partial charge in [0.2, 0.25) is 0 Å². The maximum absolute atomic E-state index is 14.3. The smallest absolute Gasteiger partial charge is 0.171 e. The Kier molecular flexibility index (Phi) is 7.63. The Balaban J connectivity index is 1.44. The predicted octanol–water partition coefficient (Wildman–Crippen LogP) is 5.74. The number of thiophene rings is 1. The molecule has 1 fully saturated rings. The van der Waals surface area contributed by atoms with Crippen molar-refractivity contribution in [2.45, 2.75) is 32.9 Å². The van der Waals surface area contributed by atoms with Crippen LogP contribution >= 0.6 is 23.6 Å². The van der Waals surface area contributed by atoms with Crippen molar-refractivity contribution in [2.75, 3.05) is 36.4 Å². The Hall–Kier alpha value is -2.48. The van der Waals surface area contributed by atoms with Gasteiger partial charge in [0.1, 0.15) is 5.82 Å². The van der Waals surface area contributed by atoms with Crippen molar-refractivity contribution in [1.82, 2.24) is 10.2 Å². The summed E-state index contributed by atoms with van der Waals surface area (Å²) in [5, 5.41) is 9.65. The van der Waals surface area contributed by atoms with E-state index in [4.69, 9.17) is 12.2 Å². The first kappa shape index (κ1) is 23.7. The van der Waals surface area contributed by atoms with E-state index >= 15 is 0 Å². The summed E-state index contributed by atoms with van der Waals surface area (Å²) >= 11 is 7.44. The molecule has 0 saturated carbocycles. The molecule has 3 aromatic rings. The highest BCUT2D eigenvalue weighted by Crippen LogP contribution is 2.31. The lowest BCUT2D eigenvalue weighted by Gasteiger charge is -2.42. The van der Waals surface area contributed by atoms with Gasteiger partial charge in [0.15, 0.2) is 5.11 Å². The Morgan fingerprint density at radius 3 is 2.48 bits per heavy atom. The van der Waals surface area contributed by atoms with Crippen LogP contribution in [0, 0.1) is 19.7 Å². The van der Waals surface area contributed by atoms with Gasteiger partial charge in [0.25, 0.3) is 0 Å². The van der Waals surface area contributed by atoms with Crippen LogP contribution in [0.1, 0.15) is 29.0 Å². The molecule has 0 amide bonds. The molecule has 4 rings (SSSR count). The van der Waals surface area contributed by atoms with Gasteiger partial charge in [-0.25, -0.2) is 4.39 Å². The number of nitrogens with one attached hydrogen (secondary N) is 2. The highest BCUT2D eigenvalue weighted by atomic mass is 32.1. The Morgan fingerprint density at radius 2 is 1.79 bits per heavy atom. The number of halogens is 1. The first-order valence-electron chi connectivity index (χ1n) is 11.3. The van der Waals surface area contributed by atoms with Gasteiger partial charge in [0, 0.05) is 42.8 Å². The molecular formula is C26H31FN4S2. The molecule has 2 atom stereocenters. The van der Waals surface area contributed by atoms with Crippen molar-refractivity contribution in [3.8, 4) is 0 Å². The van der Waals surface area contributed by atoms with Gasteiger partial charge < -0.3 is 15.5 Å². The molecule has 0 spiro atoms. The maximum Gasteiger partial charge on any atom is 0.171 e. The number of hydrogen-bond donors (Lipinski definition) is 2. The van der Waals surface area contributed by atoms with Crippen molar-refractivity contribution in [3.63, 3.8) is 0 Å². The zero-order valence-electron chi connectivity index (χ0n) is 19.3. The van der Waals surface area contributed by atoms with Gasteiger partial charge in [-0.3, -0.25) is 4.90 Å². The summed E-state index contributed by atoms with van der Waals surface area (Å²) in [7, 11) is 0. The summed E-state index contributed by atoms with van der Waals surface area (Å²) in [5.74, 6) is -0.154. The number of nitrogens with zero attached hydrogens (tertiary/aromatic N) is 2. The second-order valence-electron chi connectivity index (χ2n) is 8.64. The number of piperazine rings is 1. The van der Waals surface area contributed by atoms with E-state index in [9.17, 15) is 4.39 Å².